The number of carboxylic acid groups (broad SMARTS) is 2. The summed E-state index contributed by atoms with van der Waals surface area (Å²) in [7, 11) is -1.31. The summed E-state index contributed by atoms with van der Waals surface area (Å²) in [6.45, 7) is 6.72. The summed E-state index contributed by atoms with van der Waals surface area (Å²) in [5.41, 5.74) is 0. The molecular formula is C12H20O6Si. The third-order valence-corrected chi connectivity index (χ3v) is 5.08. The molecule has 0 heterocycles. The fourth-order valence-electron chi connectivity index (χ4n) is 2.06. The van der Waals surface area contributed by atoms with Crippen LogP contribution in [0.25, 0.3) is 0 Å². The lowest BCUT2D eigenvalue weighted by Gasteiger charge is -2.37. The molecule has 108 valence electrons. The van der Waals surface area contributed by atoms with Crippen molar-refractivity contribution in [1.82, 2.24) is 0 Å². The zero-order chi connectivity index (χ0) is 14.8. The van der Waals surface area contributed by atoms with E-state index in [9.17, 15) is 14.4 Å². The first kappa shape index (κ1) is 15.7. The van der Waals surface area contributed by atoms with Crippen LogP contribution in [0, 0.1) is 17.8 Å². The van der Waals surface area contributed by atoms with Crippen molar-refractivity contribution in [2.45, 2.75) is 32.1 Å². The molecule has 0 saturated heterocycles. The van der Waals surface area contributed by atoms with Gasteiger partial charge in [0.15, 0.2) is 0 Å². The molecule has 0 unspecified atom stereocenters. The Morgan fingerprint density at radius 1 is 1.11 bits per heavy atom. The molecule has 0 radical (unpaired) electrons. The van der Waals surface area contributed by atoms with E-state index < -0.39 is 43.7 Å². The number of carbonyl (C=O) groups is 3. The van der Waals surface area contributed by atoms with Gasteiger partial charge in [-0.3, -0.25) is 14.4 Å². The van der Waals surface area contributed by atoms with Gasteiger partial charge >= 0.3 is 17.9 Å². The number of esters is 1. The molecule has 19 heavy (non-hydrogen) atoms. The van der Waals surface area contributed by atoms with Crippen molar-refractivity contribution in [2.24, 2.45) is 17.8 Å². The highest BCUT2D eigenvalue weighted by atomic mass is 28.3. The Balaban J connectivity index is 2.50. The molecule has 0 amide bonds. The number of hydrogen-bond acceptors (Lipinski definition) is 4. The van der Waals surface area contributed by atoms with Crippen molar-refractivity contribution >= 4 is 26.0 Å². The first-order valence-electron chi connectivity index (χ1n) is 6.26. The third-order valence-electron chi connectivity index (χ3n) is 3.38. The van der Waals surface area contributed by atoms with Gasteiger partial charge in [0.05, 0.1) is 24.4 Å². The van der Waals surface area contributed by atoms with Crippen molar-refractivity contribution in [3.05, 3.63) is 0 Å². The Morgan fingerprint density at radius 3 is 2.11 bits per heavy atom. The molecular weight excluding hydrogens is 268 g/mol. The average molecular weight is 288 g/mol. The lowest BCUT2D eigenvalue weighted by Crippen LogP contribution is -2.50. The maximum absolute atomic E-state index is 11.7. The van der Waals surface area contributed by atoms with Gasteiger partial charge < -0.3 is 14.9 Å². The van der Waals surface area contributed by atoms with E-state index in [4.69, 9.17) is 14.9 Å². The number of rotatable bonds is 6. The predicted molar refractivity (Wildman–Crippen MR) is 69.5 cm³/mol. The Labute approximate surface area is 112 Å². The molecule has 3 atom stereocenters. The molecule has 0 aromatic rings. The first-order chi connectivity index (χ1) is 8.63. The van der Waals surface area contributed by atoms with Crippen molar-refractivity contribution in [1.29, 1.82) is 0 Å². The summed E-state index contributed by atoms with van der Waals surface area (Å²) < 4.78 is 5.07. The van der Waals surface area contributed by atoms with Crippen LogP contribution < -0.4 is 0 Å². The van der Waals surface area contributed by atoms with Crippen LogP contribution in [-0.4, -0.2) is 42.8 Å². The van der Waals surface area contributed by atoms with Crippen LogP contribution in [0.2, 0.25) is 25.7 Å². The number of carboxylic acids is 2. The monoisotopic (exact) mass is 288 g/mol. The molecule has 0 aromatic carbocycles. The zero-order valence-electron chi connectivity index (χ0n) is 11.4. The summed E-state index contributed by atoms with van der Waals surface area (Å²) in [5.74, 6) is -5.95. The van der Waals surface area contributed by atoms with E-state index in [1.54, 1.807) is 0 Å². The van der Waals surface area contributed by atoms with Gasteiger partial charge in [0.25, 0.3) is 0 Å². The summed E-state index contributed by atoms with van der Waals surface area (Å²) in [5, 5.41) is 17.8. The second kappa shape index (κ2) is 5.73. The predicted octanol–water partition coefficient (Wildman–Crippen LogP) is 1.29. The number of carbonyl (C=O) groups excluding carboxylic acids is 1. The van der Waals surface area contributed by atoms with Gasteiger partial charge in [-0.2, -0.15) is 0 Å². The summed E-state index contributed by atoms with van der Waals surface area (Å²) in [6, 6.07) is 0.811. The molecule has 1 saturated carbocycles. The molecule has 1 rings (SSSR count). The second-order valence-electron chi connectivity index (χ2n) is 6.13. The maximum atomic E-state index is 11.7. The van der Waals surface area contributed by atoms with Gasteiger partial charge in [-0.15, -0.1) is 0 Å². The fourth-order valence-corrected chi connectivity index (χ4v) is 2.77. The van der Waals surface area contributed by atoms with Gasteiger partial charge in [0.2, 0.25) is 0 Å². The molecule has 0 spiro atoms. The average Bonchev–Trinajstić information content (AvgIpc) is 2.11. The van der Waals surface area contributed by atoms with Crippen LogP contribution in [0.3, 0.4) is 0 Å². The molecule has 0 aliphatic heterocycles. The minimum Gasteiger partial charge on any atom is -0.481 e. The molecule has 2 N–H and O–H groups in total. The van der Waals surface area contributed by atoms with Gasteiger partial charge in [-0.05, 0) is 12.5 Å². The SMILES string of the molecule is C[Si](C)(C)CCOC(=O)[C@H]1C[C@H](C(=O)O)[C@H]1C(=O)O. The van der Waals surface area contributed by atoms with Crippen molar-refractivity contribution in [3.63, 3.8) is 0 Å². The van der Waals surface area contributed by atoms with Crippen LogP contribution in [-0.2, 0) is 19.1 Å². The van der Waals surface area contributed by atoms with E-state index in [2.05, 4.69) is 19.6 Å². The normalized spacial score (nSPS) is 26.4. The highest BCUT2D eigenvalue weighted by molar-refractivity contribution is 6.76. The van der Waals surface area contributed by atoms with Gasteiger partial charge in [0.1, 0.15) is 0 Å². The van der Waals surface area contributed by atoms with Crippen LogP contribution in [0.1, 0.15) is 6.42 Å². The van der Waals surface area contributed by atoms with Gasteiger partial charge in [0, 0.05) is 8.07 Å². The summed E-state index contributed by atoms with van der Waals surface area (Å²) in [6.07, 6.45) is 0.0537. The minimum atomic E-state index is -1.31. The van der Waals surface area contributed by atoms with Crippen molar-refractivity contribution in [3.8, 4) is 0 Å². The first-order valence-corrected chi connectivity index (χ1v) is 9.96. The lowest BCUT2D eigenvalue weighted by atomic mass is 9.64. The van der Waals surface area contributed by atoms with Crippen molar-refractivity contribution in [2.75, 3.05) is 6.61 Å². The number of hydrogen-bond donors (Lipinski definition) is 2. The van der Waals surface area contributed by atoms with Crippen molar-refractivity contribution < 1.29 is 29.3 Å². The molecule has 0 bridgehead atoms. The standard InChI is InChI=1S/C12H20O6Si/c1-19(2,3)5-4-18-12(17)8-6-7(10(13)14)9(8)11(15)16/h7-9H,4-6H2,1-3H3,(H,13,14)(H,15,16)/t7-,8-,9+/m0/s1. The maximum Gasteiger partial charge on any atom is 0.309 e. The summed E-state index contributed by atoms with van der Waals surface area (Å²) in [4.78, 5) is 33.5. The highest BCUT2D eigenvalue weighted by Gasteiger charge is 2.54. The molecule has 1 fully saturated rings. The molecule has 1 aliphatic carbocycles. The fraction of sp³-hybridized carbons (Fsp3) is 0.750. The smallest absolute Gasteiger partial charge is 0.309 e. The van der Waals surface area contributed by atoms with Crippen LogP contribution >= 0.6 is 0 Å². The van der Waals surface area contributed by atoms with E-state index in [-0.39, 0.29) is 13.0 Å². The topological polar surface area (TPSA) is 101 Å². The minimum absolute atomic E-state index is 0.0537. The van der Waals surface area contributed by atoms with Crippen LogP contribution in [0.5, 0.6) is 0 Å². The van der Waals surface area contributed by atoms with E-state index in [0.29, 0.717) is 0 Å². The number of aliphatic carboxylic acids is 2. The highest BCUT2D eigenvalue weighted by Crippen LogP contribution is 2.41. The second-order valence-corrected chi connectivity index (χ2v) is 11.8. The van der Waals surface area contributed by atoms with E-state index in [1.807, 2.05) is 0 Å². The molecule has 1 aliphatic rings. The Morgan fingerprint density at radius 2 is 1.68 bits per heavy atom. The van der Waals surface area contributed by atoms with E-state index in [0.717, 1.165) is 6.04 Å². The van der Waals surface area contributed by atoms with E-state index in [1.165, 1.54) is 0 Å². The Hall–Kier alpha value is -1.37. The molecule has 0 aromatic heterocycles. The third kappa shape index (κ3) is 4.05. The molecule has 6 nitrogen and oxygen atoms in total. The molecule has 7 heteroatoms. The van der Waals surface area contributed by atoms with Crippen LogP contribution in [0.15, 0.2) is 0 Å². The van der Waals surface area contributed by atoms with Crippen LogP contribution in [0.4, 0.5) is 0 Å². The zero-order valence-corrected chi connectivity index (χ0v) is 12.4. The largest absolute Gasteiger partial charge is 0.481 e. The summed E-state index contributed by atoms with van der Waals surface area (Å²) >= 11 is 0. The van der Waals surface area contributed by atoms with Gasteiger partial charge in [-0.1, -0.05) is 19.6 Å². The van der Waals surface area contributed by atoms with E-state index >= 15 is 0 Å². The van der Waals surface area contributed by atoms with Gasteiger partial charge in [-0.25, -0.2) is 0 Å². The Kier molecular flexibility index (Phi) is 4.73. The quantitative estimate of drug-likeness (QED) is 0.564. The lowest BCUT2D eigenvalue weighted by molar-refractivity contribution is -0.176. The Bertz CT molecular complexity index is 386. The number of ether oxygens (including phenoxy) is 1.